The lowest BCUT2D eigenvalue weighted by molar-refractivity contribution is -0.0703. The maximum Gasteiger partial charge on any atom is 0.419 e. The van der Waals surface area contributed by atoms with E-state index in [0.29, 0.717) is 23.8 Å². The molecular formula is C9H12N4O3. The third-order valence-electron chi connectivity index (χ3n) is 2.11. The van der Waals surface area contributed by atoms with E-state index in [-0.39, 0.29) is 0 Å². The van der Waals surface area contributed by atoms with Crippen LogP contribution in [0, 0.1) is 0 Å². The van der Waals surface area contributed by atoms with Crippen LogP contribution in [0.25, 0.3) is 0 Å². The van der Waals surface area contributed by atoms with Crippen LogP contribution >= 0.6 is 0 Å². The van der Waals surface area contributed by atoms with Crippen LogP contribution in [0.4, 0.5) is 4.79 Å². The summed E-state index contributed by atoms with van der Waals surface area (Å²) in [6.45, 7) is 3.72. The molecule has 0 spiro atoms. The van der Waals surface area contributed by atoms with Gasteiger partial charge in [0.05, 0.1) is 12.8 Å². The first kappa shape index (κ1) is 10.5. The molecule has 2 aliphatic rings. The molecule has 0 saturated heterocycles. The molecule has 2 aliphatic heterocycles. The first-order chi connectivity index (χ1) is 7.61. The van der Waals surface area contributed by atoms with Crippen molar-refractivity contribution < 1.29 is 14.7 Å². The van der Waals surface area contributed by atoms with Crippen molar-refractivity contribution in [1.82, 2.24) is 15.5 Å². The van der Waals surface area contributed by atoms with E-state index in [2.05, 4.69) is 10.4 Å². The maximum atomic E-state index is 11.5. The lowest BCUT2D eigenvalue weighted by Crippen LogP contribution is -2.35. The normalized spacial score (nSPS) is 18.3. The standard InChI is InChI=1S/C9H12N4O3/c1-3-16-9(14)12-4-8-7(10-6(12)2)5-13(15)11-8/h4-5,11,15H,3H2,1-2H3. The fourth-order valence-electron chi connectivity index (χ4n) is 1.41. The van der Waals surface area contributed by atoms with Crippen molar-refractivity contribution in [2.75, 3.05) is 6.61 Å². The number of hydrazine groups is 1. The fraction of sp³-hybridized carbons (Fsp3) is 0.333. The molecule has 16 heavy (non-hydrogen) atoms. The lowest BCUT2D eigenvalue weighted by atomic mass is 10.3. The molecule has 0 unspecified atom stereocenters. The summed E-state index contributed by atoms with van der Waals surface area (Å²) in [4.78, 5) is 17.0. The number of carbonyl (C=O) groups is 1. The quantitative estimate of drug-likeness (QED) is 0.687. The Bertz CT molecular complexity index is 413. The number of carbonyl (C=O) groups excluding carboxylic acids is 1. The summed E-state index contributed by atoms with van der Waals surface area (Å²) in [6.07, 6.45) is 2.45. The van der Waals surface area contributed by atoms with Gasteiger partial charge in [-0.15, -0.1) is 0 Å². The Morgan fingerprint density at radius 2 is 2.38 bits per heavy atom. The van der Waals surface area contributed by atoms with E-state index in [9.17, 15) is 10.0 Å². The molecule has 0 bridgehead atoms. The van der Waals surface area contributed by atoms with Crippen LogP contribution in [-0.2, 0) is 4.74 Å². The van der Waals surface area contributed by atoms with Crippen molar-refractivity contribution in [3.05, 3.63) is 23.8 Å². The number of aliphatic imine (C=N–C) groups is 1. The molecule has 2 rings (SSSR count). The number of amidine groups is 1. The Labute approximate surface area is 92.2 Å². The average Bonchev–Trinajstić information content (AvgIpc) is 2.56. The zero-order chi connectivity index (χ0) is 11.7. The van der Waals surface area contributed by atoms with Crippen LogP contribution in [0.5, 0.6) is 0 Å². The summed E-state index contributed by atoms with van der Waals surface area (Å²) < 4.78 is 4.87. The summed E-state index contributed by atoms with van der Waals surface area (Å²) in [6, 6.07) is 0. The maximum absolute atomic E-state index is 11.5. The molecule has 0 atom stereocenters. The molecular weight excluding hydrogens is 212 g/mol. The predicted octanol–water partition coefficient (Wildman–Crippen LogP) is 0.769. The van der Waals surface area contributed by atoms with Gasteiger partial charge < -0.3 is 4.74 Å². The van der Waals surface area contributed by atoms with Gasteiger partial charge in [0, 0.05) is 6.20 Å². The molecule has 0 aliphatic carbocycles. The fourth-order valence-corrected chi connectivity index (χ4v) is 1.41. The highest BCUT2D eigenvalue weighted by atomic mass is 16.6. The monoisotopic (exact) mass is 224 g/mol. The number of fused-ring (bicyclic) bond motifs is 1. The minimum absolute atomic E-state index is 0.300. The highest BCUT2D eigenvalue weighted by Crippen LogP contribution is 2.22. The summed E-state index contributed by atoms with van der Waals surface area (Å²) in [5, 5.41) is 9.96. The van der Waals surface area contributed by atoms with Crippen LogP contribution in [0.3, 0.4) is 0 Å². The van der Waals surface area contributed by atoms with E-state index in [1.165, 1.54) is 17.3 Å². The van der Waals surface area contributed by atoms with Gasteiger partial charge in [0.2, 0.25) is 0 Å². The first-order valence-electron chi connectivity index (χ1n) is 4.82. The van der Waals surface area contributed by atoms with Crippen molar-refractivity contribution in [2.24, 2.45) is 4.99 Å². The Kier molecular flexibility index (Phi) is 2.53. The van der Waals surface area contributed by atoms with Gasteiger partial charge >= 0.3 is 6.09 Å². The van der Waals surface area contributed by atoms with Gasteiger partial charge in [0.15, 0.2) is 0 Å². The number of amides is 1. The van der Waals surface area contributed by atoms with E-state index in [4.69, 9.17) is 4.74 Å². The van der Waals surface area contributed by atoms with Crippen molar-refractivity contribution in [2.45, 2.75) is 13.8 Å². The summed E-state index contributed by atoms with van der Waals surface area (Å²) in [5.74, 6) is 0.491. The van der Waals surface area contributed by atoms with Gasteiger partial charge in [-0.2, -0.15) is 5.17 Å². The van der Waals surface area contributed by atoms with Crippen LogP contribution in [-0.4, -0.2) is 33.8 Å². The Hall–Kier alpha value is -2.02. The second-order valence-electron chi connectivity index (χ2n) is 3.24. The number of ether oxygens (including phenoxy) is 1. The second-order valence-corrected chi connectivity index (χ2v) is 3.24. The van der Waals surface area contributed by atoms with Gasteiger partial charge in [-0.05, 0) is 13.8 Å². The molecule has 0 radical (unpaired) electrons. The number of nitrogens with one attached hydrogen (secondary N) is 1. The lowest BCUT2D eigenvalue weighted by Gasteiger charge is -2.22. The van der Waals surface area contributed by atoms with Crippen molar-refractivity contribution >= 4 is 11.9 Å². The molecule has 0 fully saturated rings. The van der Waals surface area contributed by atoms with E-state index in [1.807, 2.05) is 0 Å². The number of hydroxylamine groups is 1. The first-order valence-corrected chi connectivity index (χ1v) is 4.82. The average molecular weight is 224 g/mol. The Morgan fingerprint density at radius 3 is 3.06 bits per heavy atom. The van der Waals surface area contributed by atoms with Crippen molar-refractivity contribution in [3.8, 4) is 0 Å². The smallest absolute Gasteiger partial charge is 0.419 e. The van der Waals surface area contributed by atoms with Gasteiger partial charge in [-0.1, -0.05) is 0 Å². The van der Waals surface area contributed by atoms with Crippen LogP contribution in [0.1, 0.15) is 13.8 Å². The van der Waals surface area contributed by atoms with Crippen LogP contribution < -0.4 is 5.43 Å². The van der Waals surface area contributed by atoms with Crippen LogP contribution in [0.2, 0.25) is 0 Å². The molecule has 2 N–H and O–H groups in total. The van der Waals surface area contributed by atoms with Crippen LogP contribution in [0.15, 0.2) is 28.8 Å². The molecule has 0 aromatic carbocycles. The third kappa shape index (κ3) is 1.72. The predicted molar refractivity (Wildman–Crippen MR) is 54.9 cm³/mol. The number of nitrogens with zero attached hydrogens (tertiary/aromatic N) is 3. The molecule has 1 amide bonds. The van der Waals surface area contributed by atoms with Gasteiger partial charge in [-0.3, -0.25) is 10.6 Å². The van der Waals surface area contributed by atoms with Crippen molar-refractivity contribution in [1.29, 1.82) is 0 Å². The summed E-state index contributed by atoms with van der Waals surface area (Å²) in [7, 11) is 0. The second kappa shape index (κ2) is 3.86. The number of hydrogen-bond acceptors (Lipinski definition) is 6. The van der Waals surface area contributed by atoms with Crippen molar-refractivity contribution in [3.63, 3.8) is 0 Å². The third-order valence-corrected chi connectivity index (χ3v) is 2.11. The van der Waals surface area contributed by atoms with E-state index in [0.717, 1.165) is 5.17 Å². The molecule has 0 aromatic heterocycles. The van der Waals surface area contributed by atoms with Gasteiger partial charge in [-0.25, -0.2) is 14.7 Å². The molecule has 86 valence electrons. The summed E-state index contributed by atoms with van der Waals surface area (Å²) in [5.41, 5.74) is 3.72. The molecule has 2 heterocycles. The largest absolute Gasteiger partial charge is 0.449 e. The number of hydrogen-bond donors (Lipinski definition) is 2. The summed E-state index contributed by atoms with van der Waals surface area (Å²) >= 11 is 0. The highest BCUT2D eigenvalue weighted by molar-refractivity contribution is 5.97. The minimum atomic E-state index is -0.492. The Morgan fingerprint density at radius 1 is 1.62 bits per heavy atom. The molecule has 0 saturated carbocycles. The van der Waals surface area contributed by atoms with E-state index >= 15 is 0 Å². The topological polar surface area (TPSA) is 77.4 Å². The minimum Gasteiger partial charge on any atom is -0.449 e. The van der Waals surface area contributed by atoms with Gasteiger partial charge in [0.25, 0.3) is 0 Å². The van der Waals surface area contributed by atoms with E-state index < -0.39 is 6.09 Å². The van der Waals surface area contributed by atoms with E-state index in [1.54, 1.807) is 13.8 Å². The zero-order valence-electron chi connectivity index (χ0n) is 8.97. The zero-order valence-corrected chi connectivity index (χ0v) is 8.97. The molecule has 7 heteroatoms. The molecule has 7 nitrogen and oxygen atoms in total. The SMILES string of the molecule is CCOC(=O)N1C=C2NN(O)C=C2N=C1C. The molecule has 0 aromatic rings. The highest BCUT2D eigenvalue weighted by Gasteiger charge is 2.26. The van der Waals surface area contributed by atoms with Gasteiger partial charge in [0.1, 0.15) is 17.2 Å². The Balaban J connectivity index is 2.23. The number of rotatable bonds is 1.